The molecule has 7 nitrogen and oxygen atoms in total. The van der Waals surface area contributed by atoms with E-state index in [2.05, 4.69) is 5.32 Å². The van der Waals surface area contributed by atoms with Crippen molar-refractivity contribution in [1.29, 1.82) is 0 Å². The van der Waals surface area contributed by atoms with Gasteiger partial charge in [-0.15, -0.1) is 0 Å². The van der Waals surface area contributed by atoms with Crippen LogP contribution < -0.4 is 10.1 Å². The minimum atomic E-state index is -0.633. The quantitative estimate of drug-likeness (QED) is 0.400. The molecule has 0 radical (unpaired) electrons. The highest BCUT2D eigenvalue weighted by Crippen LogP contribution is 2.27. The molecule has 23 heavy (non-hydrogen) atoms. The highest BCUT2D eigenvalue weighted by Gasteiger charge is 2.14. The zero-order valence-electron chi connectivity index (χ0n) is 11.9. The smallest absolute Gasteiger partial charge is 0.308 e. The summed E-state index contributed by atoms with van der Waals surface area (Å²) in [4.78, 5) is 33.1. The van der Waals surface area contributed by atoms with Gasteiger partial charge in [-0.05, 0) is 36.4 Å². The third kappa shape index (κ3) is 4.27. The summed E-state index contributed by atoms with van der Waals surface area (Å²) in [5, 5.41) is 13.3. The summed E-state index contributed by atoms with van der Waals surface area (Å²) in [5.41, 5.74) is 0.253. The molecule has 0 saturated carbocycles. The van der Waals surface area contributed by atoms with Gasteiger partial charge in [0.05, 0.1) is 4.92 Å². The maximum atomic E-state index is 12.1. The van der Waals surface area contributed by atoms with E-state index in [1.165, 1.54) is 49.4 Å². The van der Waals surface area contributed by atoms with Crippen molar-refractivity contribution >= 4 is 34.9 Å². The number of amides is 1. The summed E-state index contributed by atoms with van der Waals surface area (Å²) in [5.74, 6) is -0.608. The maximum Gasteiger partial charge on any atom is 0.308 e. The Bertz CT molecular complexity index is 774. The number of ether oxygens (including phenoxy) is 1. The molecule has 2 rings (SSSR count). The van der Waals surface area contributed by atoms with Gasteiger partial charge in [-0.3, -0.25) is 19.7 Å². The van der Waals surface area contributed by atoms with Crippen LogP contribution in [0.4, 0.5) is 11.4 Å². The molecule has 0 aliphatic heterocycles. The van der Waals surface area contributed by atoms with Crippen molar-refractivity contribution in [2.45, 2.75) is 6.92 Å². The summed E-state index contributed by atoms with van der Waals surface area (Å²) < 4.78 is 4.86. The fourth-order valence-corrected chi connectivity index (χ4v) is 1.96. The lowest BCUT2D eigenvalue weighted by atomic mass is 10.2. The monoisotopic (exact) mass is 334 g/mol. The highest BCUT2D eigenvalue weighted by molar-refractivity contribution is 6.32. The normalized spacial score (nSPS) is 10.0. The van der Waals surface area contributed by atoms with Crippen molar-refractivity contribution in [2.24, 2.45) is 0 Å². The van der Waals surface area contributed by atoms with Crippen LogP contribution in [0, 0.1) is 10.1 Å². The molecule has 0 bridgehead atoms. The minimum absolute atomic E-state index is 0.0151. The van der Waals surface area contributed by atoms with Crippen molar-refractivity contribution in [2.75, 3.05) is 5.32 Å². The predicted molar refractivity (Wildman–Crippen MR) is 83.8 cm³/mol. The Morgan fingerprint density at radius 2 is 1.83 bits per heavy atom. The van der Waals surface area contributed by atoms with Crippen LogP contribution in [0.2, 0.25) is 5.02 Å². The van der Waals surface area contributed by atoms with Crippen LogP contribution in [0.5, 0.6) is 5.75 Å². The molecule has 0 aliphatic rings. The molecule has 0 spiro atoms. The Morgan fingerprint density at radius 1 is 1.17 bits per heavy atom. The van der Waals surface area contributed by atoms with Gasteiger partial charge < -0.3 is 10.1 Å². The van der Waals surface area contributed by atoms with E-state index >= 15 is 0 Å². The van der Waals surface area contributed by atoms with Crippen molar-refractivity contribution in [1.82, 2.24) is 0 Å². The van der Waals surface area contributed by atoms with Crippen LogP contribution in [0.25, 0.3) is 0 Å². The van der Waals surface area contributed by atoms with E-state index in [4.69, 9.17) is 16.3 Å². The van der Waals surface area contributed by atoms with Gasteiger partial charge in [0.25, 0.3) is 11.6 Å². The molecule has 0 fully saturated rings. The number of nitro benzene ring substituents is 1. The number of rotatable bonds is 4. The molecule has 0 heterocycles. The number of anilines is 1. The Balaban J connectivity index is 2.14. The molecule has 1 amide bonds. The van der Waals surface area contributed by atoms with Crippen LogP contribution in [-0.2, 0) is 4.79 Å². The molecule has 8 heteroatoms. The molecule has 0 aromatic heterocycles. The second-order valence-corrected chi connectivity index (χ2v) is 4.90. The summed E-state index contributed by atoms with van der Waals surface area (Å²) in [6.07, 6.45) is 0. The summed E-state index contributed by atoms with van der Waals surface area (Å²) in [7, 11) is 0. The molecule has 118 valence electrons. The number of hydrogen-bond donors (Lipinski definition) is 1. The molecule has 1 N–H and O–H groups in total. The lowest BCUT2D eigenvalue weighted by molar-refractivity contribution is -0.384. The molecule has 0 unspecified atom stereocenters. The number of nitrogens with one attached hydrogen (secondary N) is 1. The van der Waals surface area contributed by atoms with E-state index in [9.17, 15) is 19.7 Å². The molecule has 0 atom stereocenters. The fraction of sp³-hybridized carbons (Fsp3) is 0.0667. The van der Waals surface area contributed by atoms with Gasteiger partial charge in [0.15, 0.2) is 0 Å². The maximum absolute atomic E-state index is 12.1. The highest BCUT2D eigenvalue weighted by atomic mass is 35.5. The summed E-state index contributed by atoms with van der Waals surface area (Å²) in [6.45, 7) is 1.27. The third-order valence-electron chi connectivity index (χ3n) is 2.78. The van der Waals surface area contributed by atoms with E-state index in [0.717, 1.165) is 0 Å². The van der Waals surface area contributed by atoms with Gasteiger partial charge in [0.1, 0.15) is 10.8 Å². The van der Waals surface area contributed by atoms with Gasteiger partial charge in [-0.2, -0.15) is 0 Å². The number of carbonyl (C=O) groups excluding carboxylic acids is 2. The Labute approximate surface area is 136 Å². The van der Waals surface area contributed by atoms with Crippen LogP contribution in [0.3, 0.4) is 0 Å². The summed E-state index contributed by atoms with van der Waals surface area (Å²) >= 11 is 5.71. The fourth-order valence-electron chi connectivity index (χ4n) is 1.77. The first kappa shape index (κ1) is 16.4. The van der Waals surface area contributed by atoms with E-state index in [1.54, 1.807) is 0 Å². The minimum Gasteiger partial charge on any atom is -0.427 e. The molecule has 2 aromatic rings. The van der Waals surface area contributed by atoms with Gasteiger partial charge >= 0.3 is 5.97 Å². The first-order chi connectivity index (χ1) is 10.9. The number of halogens is 1. The molecule has 0 saturated heterocycles. The Kier molecular flexibility index (Phi) is 4.92. The van der Waals surface area contributed by atoms with E-state index in [-0.39, 0.29) is 16.4 Å². The van der Waals surface area contributed by atoms with E-state index in [0.29, 0.717) is 11.3 Å². The van der Waals surface area contributed by atoms with Gasteiger partial charge in [-0.25, -0.2) is 0 Å². The lowest BCUT2D eigenvalue weighted by Crippen LogP contribution is -2.12. The van der Waals surface area contributed by atoms with Gasteiger partial charge in [0, 0.05) is 24.2 Å². The van der Waals surface area contributed by atoms with Crippen molar-refractivity contribution in [3.63, 3.8) is 0 Å². The van der Waals surface area contributed by atoms with Crippen LogP contribution in [0.1, 0.15) is 17.3 Å². The topological polar surface area (TPSA) is 98.5 Å². The average molecular weight is 335 g/mol. The molecular formula is C15H11ClN2O5. The number of esters is 1. The Morgan fingerprint density at radius 3 is 2.39 bits per heavy atom. The SMILES string of the molecule is CC(=O)Oc1ccc(C(=O)Nc2ccc(Cl)c([N+](=O)[O-])c2)cc1. The number of nitro groups is 1. The van der Waals surface area contributed by atoms with Crippen molar-refractivity contribution < 1.29 is 19.2 Å². The summed E-state index contributed by atoms with van der Waals surface area (Å²) in [6, 6.07) is 9.85. The lowest BCUT2D eigenvalue weighted by Gasteiger charge is -2.07. The van der Waals surface area contributed by atoms with Gasteiger partial charge in [-0.1, -0.05) is 11.6 Å². The average Bonchev–Trinajstić information content (AvgIpc) is 2.49. The third-order valence-corrected chi connectivity index (χ3v) is 3.10. The van der Waals surface area contributed by atoms with Gasteiger partial charge in [0.2, 0.25) is 0 Å². The van der Waals surface area contributed by atoms with E-state index < -0.39 is 16.8 Å². The second kappa shape index (κ2) is 6.89. The zero-order chi connectivity index (χ0) is 17.0. The van der Waals surface area contributed by atoms with Crippen molar-refractivity contribution in [3.8, 4) is 5.75 Å². The van der Waals surface area contributed by atoms with Crippen LogP contribution in [0.15, 0.2) is 42.5 Å². The zero-order valence-corrected chi connectivity index (χ0v) is 12.7. The van der Waals surface area contributed by atoms with Crippen LogP contribution in [-0.4, -0.2) is 16.8 Å². The second-order valence-electron chi connectivity index (χ2n) is 4.50. The first-order valence-corrected chi connectivity index (χ1v) is 6.78. The first-order valence-electron chi connectivity index (χ1n) is 6.40. The largest absolute Gasteiger partial charge is 0.427 e. The Hall–Kier alpha value is -2.93. The number of nitrogens with zero attached hydrogens (tertiary/aromatic N) is 1. The van der Waals surface area contributed by atoms with E-state index in [1.807, 2.05) is 0 Å². The van der Waals surface area contributed by atoms with Crippen molar-refractivity contribution in [3.05, 3.63) is 63.2 Å². The number of hydrogen-bond acceptors (Lipinski definition) is 5. The van der Waals surface area contributed by atoms with Crippen LogP contribution >= 0.6 is 11.6 Å². The number of benzene rings is 2. The number of carbonyl (C=O) groups is 2. The molecular weight excluding hydrogens is 324 g/mol. The molecule has 0 aliphatic carbocycles. The predicted octanol–water partition coefficient (Wildman–Crippen LogP) is 3.43. The standard InChI is InChI=1S/C15H11ClN2O5/c1-9(19)23-12-5-2-10(3-6-12)15(20)17-11-4-7-13(16)14(8-11)18(21)22/h2-8H,1H3,(H,17,20). The molecule has 2 aromatic carbocycles.